The van der Waals surface area contributed by atoms with E-state index < -0.39 is 0 Å². The summed E-state index contributed by atoms with van der Waals surface area (Å²) >= 11 is 0. The molecule has 2 aromatic rings. The molecule has 0 radical (unpaired) electrons. The molecule has 0 N–H and O–H groups in total. The summed E-state index contributed by atoms with van der Waals surface area (Å²) in [6, 6.07) is 11.1. The van der Waals surface area contributed by atoms with Gasteiger partial charge in [0.15, 0.2) is 17.8 Å². The van der Waals surface area contributed by atoms with Gasteiger partial charge in [-0.25, -0.2) is 0 Å². The SMILES string of the molecule is CCOc1cccc(-c2cc(OC)c(OC)cc2C=O)c1. The molecule has 0 atom stereocenters. The number of rotatable bonds is 6. The first-order valence-corrected chi connectivity index (χ1v) is 6.68. The van der Waals surface area contributed by atoms with Crippen LogP contribution in [-0.2, 0) is 0 Å². The van der Waals surface area contributed by atoms with Gasteiger partial charge in [-0.15, -0.1) is 0 Å². The normalized spacial score (nSPS) is 10.0. The Bertz CT molecular complexity index is 635. The van der Waals surface area contributed by atoms with Gasteiger partial charge < -0.3 is 14.2 Å². The van der Waals surface area contributed by atoms with Gasteiger partial charge in [0.2, 0.25) is 0 Å². The van der Waals surface area contributed by atoms with E-state index in [0.29, 0.717) is 23.7 Å². The van der Waals surface area contributed by atoms with Crippen LogP contribution in [0.15, 0.2) is 36.4 Å². The Morgan fingerprint density at radius 2 is 1.76 bits per heavy atom. The smallest absolute Gasteiger partial charge is 0.161 e. The highest BCUT2D eigenvalue weighted by molar-refractivity contribution is 5.89. The quantitative estimate of drug-likeness (QED) is 0.761. The Kier molecular flexibility index (Phi) is 4.82. The van der Waals surface area contributed by atoms with Crippen LogP contribution in [0.25, 0.3) is 11.1 Å². The molecule has 0 bridgehead atoms. The van der Waals surface area contributed by atoms with Crippen molar-refractivity contribution >= 4 is 6.29 Å². The first-order valence-electron chi connectivity index (χ1n) is 6.68. The fraction of sp³-hybridized carbons (Fsp3) is 0.235. The van der Waals surface area contributed by atoms with Crippen molar-refractivity contribution in [2.24, 2.45) is 0 Å². The van der Waals surface area contributed by atoms with Crippen LogP contribution in [0.2, 0.25) is 0 Å². The largest absolute Gasteiger partial charge is 0.494 e. The molecule has 0 aliphatic heterocycles. The van der Waals surface area contributed by atoms with Gasteiger partial charge in [0.1, 0.15) is 5.75 Å². The van der Waals surface area contributed by atoms with Crippen LogP contribution in [0, 0.1) is 0 Å². The number of hydrogen-bond donors (Lipinski definition) is 0. The lowest BCUT2D eigenvalue weighted by Gasteiger charge is -2.13. The van der Waals surface area contributed by atoms with Gasteiger partial charge in [-0.2, -0.15) is 0 Å². The van der Waals surface area contributed by atoms with E-state index in [1.54, 1.807) is 26.4 Å². The first kappa shape index (κ1) is 14.9. The lowest BCUT2D eigenvalue weighted by atomic mass is 9.99. The molecule has 0 aromatic heterocycles. The number of carbonyl (C=O) groups excluding carboxylic acids is 1. The average molecular weight is 286 g/mol. The van der Waals surface area contributed by atoms with Crippen molar-refractivity contribution in [3.8, 4) is 28.4 Å². The number of ether oxygens (including phenoxy) is 3. The van der Waals surface area contributed by atoms with Crippen molar-refractivity contribution < 1.29 is 19.0 Å². The minimum Gasteiger partial charge on any atom is -0.494 e. The highest BCUT2D eigenvalue weighted by Crippen LogP contribution is 2.36. The molecule has 2 rings (SSSR count). The van der Waals surface area contributed by atoms with Gasteiger partial charge in [-0.1, -0.05) is 12.1 Å². The Morgan fingerprint density at radius 1 is 1.05 bits per heavy atom. The zero-order valence-electron chi connectivity index (χ0n) is 12.4. The minimum atomic E-state index is 0.532. The monoisotopic (exact) mass is 286 g/mol. The molecule has 0 heterocycles. The van der Waals surface area contributed by atoms with Gasteiger partial charge in [0.25, 0.3) is 0 Å². The summed E-state index contributed by atoms with van der Waals surface area (Å²) in [5.41, 5.74) is 2.22. The summed E-state index contributed by atoms with van der Waals surface area (Å²) in [6.45, 7) is 2.52. The van der Waals surface area contributed by atoms with Crippen LogP contribution in [0.3, 0.4) is 0 Å². The van der Waals surface area contributed by atoms with Crippen LogP contribution in [-0.4, -0.2) is 27.1 Å². The van der Waals surface area contributed by atoms with E-state index in [1.165, 1.54) is 0 Å². The zero-order valence-corrected chi connectivity index (χ0v) is 12.4. The molecule has 0 amide bonds. The molecule has 0 aliphatic rings. The van der Waals surface area contributed by atoms with Crippen molar-refractivity contribution in [2.45, 2.75) is 6.92 Å². The zero-order chi connectivity index (χ0) is 15.2. The van der Waals surface area contributed by atoms with Gasteiger partial charge in [0.05, 0.1) is 20.8 Å². The lowest BCUT2D eigenvalue weighted by molar-refractivity contribution is 0.112. The molecule has 21 heavy (non-hydrogen) atoms. The van der Waals surface area contributed by atoms with Crippen molar-refractivity contribution in [1.82, 2.24) is 0 Å². The number of benzene rings is 2. The molecule has 0 spiro atoms. The van der Waals surface area contributed by atoms with E-state index in [4.69, 9.17) is 14.2 Å². The van der Waals surface area contributed by atoms with Crippen molar-refractivity contribution in [3.05, 3.63) is 42.0 Å². The van der Waals surface area contributed by atoms with Gasteiger partial charge in [0, 0.05) is 5.56 Å². The summed E-state index contributed by atoms with van der Waals surface area (Å²) in [7, 11) is 3.11. The van der Waals surface area contributed by atoms with Gasteiger partial charge in [-0.3, -0.25) is 4.79 Å². The Hall–Kier alpha value is -2.49. The third-order valence-corrected chi connectivity index (χ3v) is 3.14. The molecule has 110 valence electrons. The topological polar surface area (TPSA) is 44.8 Å². The van der Waals surface area contributed by atoms with Gasteiger partial charge in [-0.05, 0) is 42.3 Å². The Morgan fingerprint density at radius 3 is 2.38 bits per heavy atom. The van der Waals surface area contributed by atoms with Gasteiger partial charge >= 0.3 is 0 Å². The minimum absolute atomic E-state index is 0.532. The van der Waals surface area contributed by atoms with Crippen molar-refractivity contribution in [2.75, 3.05) is 20.8 Å². The van der Waals surface area contributed by atoms with Crippen LogP contribution in [0.5, 0.6) is 17.2 Å². The van der Waals surface area contributed by atoms with E-state index >= 15 is 0 Å². The second-order valence-electron chi connectivity index (χ2n) is 4.37. The highest BCUT2D eigenvalue weighted by atomic mass is 16.5. The molecule has 0 fully saturated rings. The van der Waals surface area contributed by atoms with Crippen LogP contribution in [0.1, 0.15) is 17.3 Å². The first-order chi connectivity index (χ1) is 10.2. The van der Waals surface area contributed by atoms with E-state index in [9.17, 15) is 4.79 Å². The standard InChI is InChI=1S/C17H18O4/c1-4-21-14-7-5-6-12(8-14)15-10-17(20-3)16(19-2)9-13(15)11-18/h5-11H,4H2,1-3H3. The lowest BCUT2D eigenvalue weighted by Crippen LogP contribution is -1.96. The maximum atomic E-state index is 11.4. The Balaban J connectivity index is 2.56. The fourth-order valence-corrected chi connectivity index (χ4v) is 2.16. The molecule has 2 aromatic carbocycles. The molecule has 4 heteroatoms. The average Bonchev–Trinajstić information content (AvgIpc) is 2.54. The van der Waals surface area contributed by atoms with Crippen molar-refractivity contribution in [3.63, 3.8) is 0 Å². The van der Waals surface area contributed by atoms with Crippen LogP contribution < -0.4 is 14.2 Å². The maximum Gasteiger partial charge on any atom is 0.161 e. The summed E-state index contributed by atoms with van der Waals surface area (Å²) in [5.74, 6) is 1.88. The third kappa shape index (κ3) is 3.16. The second kappa shape index (κ2) is 6.79. The van der Waals surface area contributed by atoms with E-state index in [0.717, 1.165) is 23.2 Å². The molecule has 0 saturated carbocycles. The molecule has 4 nitrogen and oxygen atoms in total. The molecular formula is C17H18O4. The van der Waals surface area contributed by atoms with Crippen LogP contribution in [0.4, 0.5) is 0 Å². The van der Waals surface area contributed by atoms with E-state index in [-0.39, 0.29) is 0 Å². The summed E-state index contributed by atoms with van der Waals surface area (Å²) in [4.78, 5) is 11.4. The number of carbonyl (C=O) groups is 1. The fourth-order valence-electron chi connectivity index (χ4n) is 2.16. The van der Waals surface area contributed by atoms with Crippen molar-refractivity contribution in [1.29, 1.82) is 0 Å². The number of methoxy groups -OCH3 is 2. The second-order valence-corrected chi connectivity index (χ2v) is 4.37. The predicted octanol–water partition coefficient (Wildman–Crippen LogP) is 3.58. The Labute approximate surface area is 124 Å². The molecular weight excluding hydrogens is 268 g/mol. The van der Waals surface area contributed by atoms with E-state index in [1.807, 2.05) is 31.2 Å². The summed E-state index contributed by atoms with van der Waals surface area (Å²) in [6.07, 6.45) is 0.810. The highest BCUT2D eigenvalue weighted by Gasteiger charge is 2.12. The number of hydrogen-bond acceptors (Lipinski definition) is 4. The maximum absolute atomic E-state index is 11.4. The summed E-state index contributed by atoms with van der Waals surface area (Å²) < 4.78 is 16.0. The van der Waals surface area contributed by atoms with E-state index in [2.05, 4.69) is 0 Å². The summed E-state index contributed by atoms with van der Waals surface area (Å²) in [5, 5.41) is 0. The number of aldehydes is 1. The molecule has 0 saturated heterocycles. The third-order valence-electron chi connectivity index (χ3n) is 3.14. The van der Waals surface area contributed by atoms with Crippen LogP contribution >= 0.6 is 0 Å². The molecule has 0 unspecified atom stereocenters. The predicted molar refractivity (Wildman–Crippen MR) is 81.5 cm³/mol. The molecule has 0 aliphatic carbocycles.